The molecule has 0 bridgehead atoms. The Labute approximate surface area is 126 Å². The monoisotopic (exact) mass is 299 g/mol. The van der Waals surface area contributed by atoms with Crippen molar-refractivity contribution < 1.29 is 4.39 Å². The number of aromatic nitrogens is 2. The molecule has 0 aliphatic heterocycles. The van der Waals surface area contributed by atoms with E-state index < -0.39 is 0 Å². The van der Waals surface area contributed by atoms with Gasteiger partial charge in [0, 0.05) is 11.3 Å². The summed E-state index contributed by atoms with van der Waals surface area (Å²) in [5.74, 6) is 6.33. The molecule has 0 saturated heterocycles. The minimum Gasteiger partial charge on any atom is -0.337 e. The van der Waals surface area contributed by atoms with Gasteiger partial charge in [-0.2, -0.15) is 0 Å². The zero-order chi connectivity index (χ0) is 14.7. The molecule has 0 amide bonds. The number of hydrogen-bond donors (Lipinski definition) is 1. The van der Waals surface area contributed by atoms with Crippen molar-refractivity contribution >= 4 is 11.8 Å². The van der Waals surface area contributed by atoms with Gasteiger partial charge in [-0.05, 0) is 17.7 Å². The lowest BCUT2D eigenvalue weighted by Gasteiger charge is -2.01. The van der Waals surface area contributed by atoms with Crippen LogP contribution in [0.1, 0.15) is 5.56 Å². The Kier molecular flexibility index (Phi) is 3.92. The molecule has 5 heteroatoms. The van der Waals surface area contributed by atoms with Gasteiger partial charge >= 0.3 is 0 Å². The van der Waals surface area contributed by atoms with E-state index in [2.05, 4.69) is 4.98 Å². The number of benzene rings is 2. The predicted octanol–water partition coefficient (Wildman–Crippen LogP) is 3.70. The molecule has 1 heterocycles. The highest BCUT2D eigenvalue weighted by Crippen LogP contribution is 2.25. The van der Waals surface area contributed by atoms with Crippen LogP contribution >= 0.6 is 11.8 Å². The molecular weight excluding hydrogens is 285 g/mol. The van der Waals surface area contributed by atoms with Gasteiger partial charge in [0.05, 0.1) is 11.9 Å². The van der Waals surface area contributed by atoms with E-state index >= 15 is 0 Å². The van der Waals surface area contributed by atoms with E-state index in [1.807, 2.05) is 36.4 Å². The fourth-order valence-corrected chi connectivity index (χ4v) is 2.85. The summed E-state index contributed by atoms with van der Waals surface area (Å²) in [6.45, 7) is 0. The number of imidazole rings is 1. The molecule has 2 aromatic carbocycles. The molecule has 0 atom stereocenters. The molecule has 3 aromatic rings. The summed E-state index contributed by atoms with van der Waals surface area (Å²) in [5, 5.41) is 0.707. The van der Waals surface area contributed by atoms with Crippen LogP contribution in [0.15, 0.2) is 66.0 Å². The standard InChI is InChI=1S/C16H14FN3S/c17-14-8-4-5-12(9-14)11-21-16-19-15(10-20(16)18)13-6-2-1-3-7-13/h1-10H,11,18H2. The third-order valence-corrected chi connectivity index (χ3v) is 4.06. The first kappa shape index (κ1) is 13.7. The number of halogens is 1. The van der Waals surface area contributed by atoms with Gasteiger partial charge in [0.15, 0.2) is 5.16 Å². The van der Waals surface area contributed by atoms with E-state index in [-0.39, 0.29) is 5.82 Å². The molecular formula is C16H14FN3S. The van der Waals surface area contributed by atoms with Crippen LogP contribution in [0.5, 0.6) is 0 Å². The molecule has 1 aromatic heterocycles. The number of nitrogens with zero attached hydrogens (tertiary/aromatic N) is 2. The van der Waals surface area contributed by atoms with Gasteiger partial charge in [-0.25, -0.2) is 14.1 Å². The Hall–Kier alpha value is -2.27. The lowest BCUT2D eigenvalue weighted by Crippen LogP contribution is -2.07. The number of nitrogens with two attached hydrogens (primary N) is 1. The van der Waals surface area contributed by atoms with Crippen LogP contribution in [0, 0.1) is 5.82 Å². The van der Waals surface area contributed by atoms with E-state index in [0.29, 0.717) is 10.9 Å². The lowest BCUT2D eigenvalue weighted by molar-refractivity contribution is 0.626. The molecule has 0 aliphatic carbocycles. The van der Waals surface area contributed by atoms with E-state index in [9.17, 15) is 4.39 Å². The molecule has 3 rings (SSSR count). The Balaban J connectivity index is 1.76. The Morgan fingerprint density at radius 3 is 2.67 bits per heavy atom. The minimum atomic E-state index is -0.228. The van der Waals surface area contributed by atoms with Gasteiger partial charge in [0.25, 0.3) is 0 Å². The van der Waals surface area contributed by atoms with Crippen LogP contribution in [0.3, 0.4) is 0 Å². The van der Waals surface area contributed by atoms with Crippen LogP contribution in [-0.2, 0) is 5.75 Å². The summed E-state index contributed by atoms with van der Waals surface area (Å²) >= 11 is 1.48. The van der Waals surface area contributed by atoms with E-state index in [0.717, 1.165) is 16.8 Å². The molecule has 0 saturated carbocycles. The fourth-order valence-electron chi connectivity index (χ4n) is 2.01. The number of rotatable bonds is 4. The van der Waals surface area contributed by atoms with Crippen LogP contribution in [0.4, 0.5) is 4.39 Å². The molecule has 21 heavy (non-hydrogen) atoms. The maximum atomic E-state index is 13.1. The van der Waals surface area contributed by atoms with Crippen LogP contribution < -0.4 is 5.84 Å². The van der Waals surface area contributed by atoms with Crippen LogP contribution in [0.2, 0.25) is 0 Å². The van der Waals surface area contributed by atoms with Crippen molar-refractivity contribution in [2.24, 2.45) is 0 Å². The molecule has 0 radical (unpaired) electrons. The summed E-state index contributed by atoms with van der Waals surface area (Å²) in [5.41, 5.74) is 2.76. The summed E-state index contributed by atoms with van der Waals surface area (Å²) in [6.07, 6.45) is 1.79. The summed E-state index contributed by atoms with van der Waals surface area (Å²) in [7, 11) is 0. The van der Waals surface area contributed by atoms with Gasteiger partial charge in [-0.3, -0.25) is 0 Å². The van der Waals surface area contributed by atoms with Crippen molar-refractivity contribution in [1.29, 1.82) is 0 Å². The minimum absolute atomic E-state index is 0.228. The highest BCUT2D eigenvalue weighted by atomic mass is 32.2. The van der Waals surface area contributed by atoms with Gasteiger partial charge < -0.3 is 5.84 Å². The van der Waals surface area contributed by atoms with Crippen molar-refractivity contribution in [3.63, 3.8) is 0 Å². The SMILES string of the molecule is Nn1cc(-c2ccccc2)nc1SCc1cccc(F)c1. The first-order valence-corrected chi connectivity index (χ1v) is 7.48. The first-order valence-electron chi connectivity index (χ1n) is 6.49. The summed E-state index contributed by atoms with van der Waals surface area (Å²) in [6, 6.07) is 16.4. The summed E-state index contributed by atoms with van der Waals surface area (Å²) in [4.78, 5) is 4.52. The maximum absolute atomic E-state index is 13.1. The second kappa shape index (κ2) is 6.01. The molecule has 0 fully saturated rings. The number of thioether (sulfide) groups is 1. The zero-order valence-electron chi connectivity index (χ0n) is 11.2. The quantitative estimate of drug-likeness (QED) is 0.590. The van der Waals surface area contributed by atoms with E-state index in [1.54, 1.807) is 12.3 Å². The second-order valence-electron chi connectivity index (χ2n) is 4.60. The average Bonchev–Trinajstić information content (AvgIpc) is 2.87. The Bertz CT molecular complexity index is 740. The van der Waals surface area contributed by atoms with Crippen molar-refractivity contribution in [2.75, 3.05) is 5.84 Å². The van der Waals surface area contributed by atoms with E-state index in [4.69, 9.17) is 5.84 Å². The summed E-state index contributed by atoms with van der Waals surface area (Å²) < 4.78 is 14.6. The molecule has 2 N–H and O–H groups in total. The normalized spacial score (nSPS) is 10.7. The maximum Gasteiger partial charge on any atom is 0.187 e. The topological polar surface area (TPSA) is 43.8 Å². The molecule has 3 nitrogen and oxygen atoms in total. The van der Waals surface area contributed by atoms with Crippen molar-refractivity contribution in [1.82, 2.24) is 9.66 Å². The molecule has 106 valence electrons. The number of nitrogen functional groups attached to an aromatic ring is 1. The van der Waals surface area contributed by atoms with Gasteiger partial charge in [0.1, 0.15) is 5.82 Å². The van der Waals surface area contributed by atoms with Gasteiger partial charge in [-0.1, -0.05) is 54.2 Å². The Morgan fingerprint density at radius 1 is 1.10 bits per heavy atom. The van der Waals surface area contributed by atoms with Gasteiger partial charge in [0.2, 0.25) is 0 Å². The van der Waals surface area contributed by atoms with Crippen molar-refractivity contribution in [3.8, 4) is 11.3 Å². The first-order chi connectivity index (χ1) is 10.2. The lowest BCUT2D eigenvalue weighted by atomic mass is 10.2. The van der Waals surface area contributed by atoms with Crippen LogP contribution in [0.25, 0.3) is 11.3 Å². The van der Waals surface area contributed by atoms with Crippen molar-refractivity contribution in [2.45, 2.75) is 10.9 Å². The highest BCUT2D eigenvalue weighted by molar-refractivity contribution is 7.98. The molecule has 0 spiro atoms. The van der Waals surface area contributed by atoms with E-state index in [1.165, 1.54) is 28.6 Å². The molecule has 0 unspecified atom stereocenters. The smallest absolute Gasteiger partial charge is 0.187 e. The molecule has 0 aliphatic rings. The van der Waals surface area contributed by atoms with Crippen LogP contribution in [-0.4, -0.2) is 9.66 Å². The fraction of sp³-hybridized carbons (Fsp3) is 0.0625. The van der Waals surface area contributed by atoms with Crippen molar-refractivity contribution in [3.05, 3.63) is 72.2 Å². The Morgan fingerprint density at radius 2 is 1.90 bits per heavy atom. The third kappa shape index (κ3) is 3.25. The predicted molar refractivity (Wildman–Crippen MR) is 83.8 cm³/mol. The third-order valence-electron chi connectivity index (χ3n) is 3.02. The second-order valence-corrected chi connectivity index (χ2v) is 5.54. The zero-order valence-corrected chi connectivity index (χ0v) is 12.1. The highest BCUT2D eigenvalue weighted by Gasteiger charge is 2.08. The van der Waals surface area contributed by atoms with Gasteiger partial charge in [-0.15, -0.1) is 0 Å². The average molecular weight is 299 g/mol. The number of hydrogen-bond acceptors (Lipinski definition) is 3. The largest absolute Gasteiger partial charge is 0.337 e.